The summed E-state index contributed by atoms with van der Waals surface area (Å²) in [5.41, 5.74) is 1.05. The lowest BCUT2D eigenvalue weighted by molar-refractivity contribution is -0.113. The van der Waals surface area contributed by atoms with Crippen LogP contribution in [0.4, 0.5) is 5.69 Å². The second kappa shape index (κ2) is 7.72. The van der Waals surface area contributed by atoms with Crippen LogP contribution in [0.3, 0.4) is 0 Å². The molecule has 0 aliphatic carbocycles. The molecule has 7 heteroatoms. The number of anilines is 1. The van der Waals surface area contributed by atoms with E-state index in [2.05, 4.69) is 21.2 Å². The molecule has 0 atom stereocenters. The number of carbonyl (C=O) groups is 2. The van der Waals surface area contributed by atoms with Crippen molar-refractivity contribution in [3.63, 3.8) is 0 Å². The molecule has 1 aliphatic heterocycles. The largest absolute Gasteiger partial charge is 0.490 e. The summed E-state index contributed by atoms with van der Waals surface area (Å²) in [5.74, 6) is 0.582. The second-order valence-electron chi connectivity index (χ2n) is 4.99. The number of nitrogens with one attached hydrogen (secondary N) is 1. The first-order chi connectivity index (χ1) is 11.6. The minimum Gasteiger partial charge on any atom is -0.490 e. The van der Waals surface area contributed by atoms with Gasteiger partial charge in [0.25, 0.3) is 0 Å². The lowest BCUT2D eigenvalue weighted by Gasteiger charge is -2.16. The predicted molar refractivity (Wildman–Crippen MR) is 95.7 cm³/mol. The first-order valence-electron chi connectivity index (χ1n) is 7.24. The van der Waals surface area contributed by atoms with Crippen LogP contribution in [0.15, 0.2) is 51.8 Å². The van der Waals surface area contributed by atoms with Gasteiger partial charge in [0.2, 0.25) is 5.91 Å². The molecule has 1 aliphatic rings. The third-order valence-electron chi connectivity index (χ3n) is 3.23. The highest BCUT2D eigenvalue weighted by atomic mass is 79.9. The maximum Gasteiger partial charge on any atom is 0.338 e. The van der Waals surface area contributed by atoms with Crippen molar-refractivity contribution >= 4 is 45.3 Å². The molecule has 0 aromatic heterocycles. The van der Waals surface area contributed by atoms with Gasteiger partial charge >= 0.3 is 5.97 Å². The summed E-state index contributed by atoms with van der Waals surface area (Å²) in [5, 5.41) is 2.75. The van der Waals surface area contributed by atoms with Crippen molar-refractivity contribution in [3.05, 3.63) is 52.5 Å². The Kier molecular flexibility index (Phi) is 5.42. The quantitative estimate of drug-likeness (QED) is 0.604. The van der Waals surface area contributed by atoms with Crippen molar-refractivity contribution < 1.29 is 19.1 Å². The van der Waals surface area contributed by atoms with E-state index >= 15 is 0 Å². The Bertz CT molecular complexity index is 781. The molecule has 0 fully saturated rings. The smallest absolute Gasteiger partial charge is 0.338 e. The van der Waals surface area contributed by atoms with Crippen LogP contribution >= 0.6 is 27.7 Å². The monoisotopic (exact) mass is 407 g/mol. The Balaban J connectivity index is 1.52. The van der Waals surface area contributed by atoms with Crippen molar-refractivity contribution in [2.24, 2.45) is 0 Å². The molecule has 0 spiro atoms. The number of thioether (sulfide) groups is 1. The van der Waals surface area contributed by atoms with E-state index < -0.39 is 5.97 Å². The third kappa shape index (κ3) is 4.30. The summed E-state index contributed by atoms with van der Waals surface area (Å²) in [6.07, 6.45) is 0. The Morgan fingerprint density at radius 3 is 2.92 bits per heavy atom. The molecule has 24 heavy (non-hydrogen) atoms. The summed E-state index contributed by atoms with van der Waals surface area (Å²) in [6, 6.07) is 12.6. The van der Waals surface area contributed by atoms with E-state index in [0.717, 1.165) is 9.37 Å². The number of hydrogen-bond acceptors (Lipinski definition) is 5. The van der Waals surface area contributed by atoms with Crippen molar-refractivity contribution in [2.75, 3.05) is 24.3 Å². The van der Waals surface area contributed by atoms with Gasteiger partial charge in [-0.3, -0.25) is 4.79 Å². The van der Waals surface area contributed by atoms with Crippen LogP contribution in [0.5, 0.6) is 5.75 Å². The maximum absolute atomic E-state index is 12.1. The normalized spacial score (nSPS) is 13.0. The maximum atomic E-state index is 12.1. The van der Waals surface area contributed by atoms with Crippen molar-refractivity contribution in [2.45, 2.75) is 4.90 Å². The summed E-state index contributed by atoms with van der Waals surface area (Å²) < 4.78 is 11.6. The van der Waals surface area contributed by atoms with E-state index in [4.69, 9.17) is 9.47 Å². The van der Waals surface area contributed by atoms with Crippen molar-refractivity contribution in [1.82, 2.24) is 0 Å². The minimum atomic E-state index is -0.444. The number of fused-ring (bicyclic) bond motifs is 1. The Hall–Kier alpha value is -1.99. The van der Waals surface area contributed by atoms with Gasteiger partial charge in [-0.1, -0.05) is 22.0 Å². The summed E-state index contributed by atoms with van der Waals surface area (Å²) >= 11 is 4.81. The summed E-state index contributed by atoms with van der Waals surface area (Å²) in [7, 11) is 0. The Labute approximate surface area is 151 Å². The number of amides is 1. The predicted octanol–water partition coefficient (Wildman–Crippen LogP) is 3.73. The van der Waals surface area contributed by atoms with E-state index in [-0.39, 0.29) is 19.1 Å². The fraction of sp³-hybridized carbons (Fsp3) is 0.176. The third-order valence-corrected chi connectivity index (χ3v) is 4.80. The van der Waals surface area contributed by atoms with Crippen LogP contribution in [0.25, 0.3) is 0 Å². The second-order valence-corrected chi connectivity index (χ2v) is 6.92. The molecule has 0 bridgehead atoms. The van der Waals surface area contributed by atoms with Gasteiger partial charge in [0, 0.05) is 9.37 Å². The number of carbonyl (C=O) groups excluding carboxylic acids is 2. The topological polar surface area (TPSA) is 64.6 Å². The van der Waals surface area contributed by atoms with E-state index in [1.165, 1.54) is 11.8 Å². The fourth-order valence-electron chi connectivity index (χ4n) is 2.14. The highest BCUT2D eigenvalue weighted by Gasteiger charge is 2.17. The highest BCUT2D eigenvalue weighted by Crippen LogP contribution is 2.32. The molecular weight excluding hydrogens is 394 g/mol. The minimum absolute atomic E-state index is 0.0690. The number of rotatable bonds is 5. The van der Waals surface area contributed by atoms with Gasteiger partial charge in [-0.15, -0.1) is 11.8 Å². The van der Waals surface area contributed by atoms with Gasteiger partial charge in [0.1, 0.15) is 19.0 Å². The average molecular weight is 408 g/mol. The van der Waals surface area contributed by atoms with E-state index in [0.29, 0.717) is 22.8 Å². The van der Waals surface area contributed by atoms with Crippen molar-refractivity contribution in [1.29, 1.82) is 0 Å². The van der Waals surface area contributed by atoms with Crippen LogP contribution in [-0.4, -0.2) is 30.8 Å². The molecule has 2 aromatic carbocycles. The number of halogens is 1. The van der Waals surface area contributed by atoms with Crippen LogP contribution < -0.4 is 10.1 Å². The van der Waals surface area contributed by atoms with Crippen LogP contribution in [0, 0.1) is 0 Å². The standard InChI is InChI=1S/C17H14BrNO4S/c18-12-2-1-3-13(9-12)22-6-7-23-17(21)11-4-5-15-14(8-11)19-16(20)10-24-15/h1-5,8-9H,6-7,10H2,(H,19,20). The number of esters is 1. The van der Waals surface area contributed by atoms with Gasteiger partial charge in [-0.05, 0) is 36.4 Å². The van der Waals surface area contributed by atoms with E-state index in [1.54, 1.807) is 12.1 Å². The molecule has 1 amide bonds. The molecular formula is C17H14BrNO4S. The molecule has 124 valence electrons. The first kappa shape index (κ1) is 16.9. The van der Waals surface area contributed by atoms with Gasteiger partial charge in [0.05, 0.1) is 17.0 Å². The van der Waals surface area contributed by atoms with E-state index in [9.17, 15) is 9.59 Å². The molecule has 2 aromatic rings. The zero-order valence-corrected chi connectivity index (χ0v) is 15.0. The van der Waals surface area contributed by atoms with Gasteiger partial charge in [-0.2, -0.15) is 0 Å². The van der Waals surface area contributed by atoms with Gasteiger partial charge in [0.15, 0.2) is 0 Å². The molecule has 3 rings (SSSR count). The van der Waals surface area contributed by atoms with Crippen LogP contribution in [0.2, 0.25) is 0 Å². The fourth-order valence-corrected chi connectivity index (χ4v) is 3.31. The van der Waals surface area contributed by atoms with Gasteiger partial charge < -0.3 is 14.8 Å². The highest BCUT2D eigenvalue weighted by molar-refractivity contribution is 9.10. The lowest BCUT2D eigenvalue weighted by atomic mass is 10.2. The average Bonchev–Trinajstić information content (AvgIpc) is 2.58. The van der Waals surface area contributed by atoms with Crippen molar-refractivity contribution in [3.8, 4) is 5.75 Å². The Morgan fingerprint density at radius 2 is 2.08 bits per heavy atom. The molecule has 5 nitrogen and oxygen atoms in total. The lowest BCUT2D eigenvalue weighted by Crippen LogP contribution is -2.19. The van der Waals surface area contributed by atoms with E-state index in [1.807, 2.05) is 30.3 Å². The zero-order chi connectivity index (χ0) is 16.9. The van der Waals surface area contributed by atoms with Crippen LogP contribution in [-0.2, 0) is 9.53 Å². The zero-order valence-electron chi connectivity index (χ0n) is 12.6. The number of hydrogen-bond donors (Lipinski definition) is 1. The molecule has 1 N–H and O–H groups in total. The Morgan fingerprint density at radius 1 is 1.21 bits per heavy atom. The number of benzene rings is 2. The molecule has 0 radical (unpaired) electrons. The van der Waals surface area contributed by atoms with Crippen LogP contribution in [0.1, 0.15) is 10.4 Å². The first-order valence-corrected chi connectivity index (χ1v) is 9.02. The molecule has 0 unspecified atom stereocenters. The molecule has 1 heterocycles. The SMILES string of the molecule is O=C1CSc2ccc(C(=O)OCCOc3cccc(Br)c3)cc2N1. The summed E-state index contributed by atoms with van der Waals surface area (Å²) in [4.78, 5) is 24.4. The molecule has 0 saturated carbocycles. The number of ether oxygens (including phenoxy) is 2. The summed E-state index contributed by atoms with van der Waals surface area (Å²) in [6.45, 7) is 0.406. The van der Waals surface area contributed by atoms with Gasteiger partial charge in [-0.25, -0.2) is 4.79 Å². The molecule has 0 saturated heterocycles.